The normalized spacial score (nSPS) is 16.1. The van der Waals surface area contributed by atoms with Gasteiger partial charge in [-0.1, -0.05) is 31.5 Å². The topological polar surface area (TPSA) is 84.5 Å². The fraction of sp³-hybridized carbons (Fsp3) is 0.350. The van der Waals surface area contributed by atoms with Crippen molar-refractivity contribution in [1.82, 2.24) is 5.32 Å². The zero-order valence-corrected chi connectivity index (χ0v) is 16.1. The minimum Gasteiger partial charge on any atom is -0.493 e. The summed E-state index contributed by atoms with van der Waals surface area (Å²) in [6, 6.07) is 14.0. The van der Waals surface area contributed by atoms with Gasteiger partial charge in [-0.3, -0.25) is 9.52 Å². The minimum absolute atomic E-state index is 0.0922. The molecule has 3 rings (SSSR count). The molecule has 2 aromatic carbocycles. The van der Waals surface area contributed by atoms with Crippen molar-refractivity contribution in [3.8, 4) is 5.75 Å². The smallest absolute Gasteiger partial charge is 0.251 e. The quantitative estimate of drug-likeness (QED) is 0.760. The molecule has 0 aliphatic carbocycles. The van der Waals surface area contributed by atoms with Crippen LogP contribution in [0.25, 0.3) is 0 Å². The molecule has 27 heavy (non-hydrogen) atoms. The zero-order valence-electron chi connectivity index (χ0n) is 15.3. The van der Waals surface area contributed by atoms with E-state index in [1.165, 1.54) is 0 Å². The minimum atomic E-state index is -3.35. The molecule has 1 unspecified atom stereocenters. The molecular weight excluding hydrogens is 364 g/mol. The van der Waals surface area contributed by atoms with Crippen LogP contribution in [0.15, 0.2) is 48.5 Å². The predicted octanol–water partition coefficient (Wildman–Crippen LogP) is 3.48. The molecule has 0 saturated heterocycles. The summed E-state index contributed by atoms with van der Waals surface area (Å²) in [6.45, 7) is 2.50. The maximum absolute atomic E-state index is 12.6. The van der Waals surface area contributed by atoms with Gasteiger partial charge in [0.15, 0.2) is 0 Å². The van der Waals surface area contributed by atoms with E-state index in [-0.39, 0.29) is 17.7 Å². The third kappa shape index (κ3) is 5.01. The lowest BCUT2D eigenvalue weighted by Crippen LogP contribution is -2.32. The molecule has 2 N–H and O–H groups in total. The third-order valence-electron chi connectivity index (χ3n) is 4.45. The van der Waals surface area contributed by atoms with Gasteiger partial charge in [0.1, 0.15) is 5.75 Å². The van der Waals surface area contributed by atoms with Crippen molar-refractivity contribution in [3.63, 3.8) is 0 Å². The lowest BCUT2D eigenvalue weighted by atomic mass is 10.00. The lowest BCUT2D eigenvalue weighted by molar-refractivity contribution is 0.0925. The van der Waals surface area contributed by atoms with Gasteiger partial charge < -0.3 is 10.1 Å². The van der Waals surface area contributed by atoms with Crippen molar-refractivity contribution in [2.24, 2.45) is 0 Å². The summed E-state index contributed by atoms with van der Waals surface area (Å²) in [5.74, 6) is 0.692. The Hall–Kier alpha value is -2.54. The number of hydrogen-bond donors (Lipinski definition) is 2. The van der Waals surface area contributed by atoms with Crippen molar-refractivity contribution in [1.29, 1.82) is 0 Å². The number of nitrogens with one attached hydrogen (secondary N) is 2. The van der Waals surface area contributed by atoms with E-state index < -0.39 is 10.0 Å². The number of para-hydroxylation sites is 1. The SMILES string of the molecule is CCCCS(=O)(=O)Nc1ccc(C(=O)NC2CCOc3ccccc32)cc1. The predicted molar refractivity (Wildman–Crippen MR) is 106 cm³/mol. The molecule has 0 radical (unpaired) electrons. The largest absolute Gasteiger partial charge is 0.493 e. The van der Waals surface area contributed by atoms with E-state index in [9.17, 15) is 13.2 Å². The Morgan fingerprint density at radius 1 is 1.15 bits per heavy atom. The molecule has 1 heterocycles. The molecule has 6 nitrogen and oxygen atoms in total. The summed E-state index contributed by atoms with van der Waals surface area (Å²) < 4.78 is 32.1. The lowest BCUT2D eigenvalue weighted by Gasteiger charge is -2.26. The number of sulfonamides is 1. The summed E-state index contributed by atoms with van der Waals surface area (Å²) in [4.78, 5) is 12.6. The van der Waals surface area contributed by atoms with Crippen molar-refractivity contribution in [2.75, 3.05) is 17.1 Å². The monoisotopic (exact) mass is 388 g/mol. The average molecular weight is 388 g/mol. The van der Waals surface area contributed by atoms with Gasteiger partial charge >= 0.3 is 0 Å². The molecule has 1 amide bonds. The number of carbonyl (C=O) groups is 1. The second kappa shape index (κ2) is 8.43. The molecule has 2 aromatic rings. The van der Waals surface area contributed by atoms with Crippen LogP contribution in [-0.2, 0) is 10.0 Å². The standard InChI is InChI=1S/C20H24N2O4S/c1-2-3-14-27(24,25)22-16-10-8-15(9-11-16)20(23)21-18-12-13-26-19-7-5-4-6-17(18)19/h4-11,18,22H,2-3,12-14H2,1H3,(H,21,23). The molecule has 1 atom stereocenters. The van der Waals surface area contributed by atoms with Gasteiger partial charge in [0.25, 0.3) is 5.91 Å². The van der Waals surface area contributed by atoms with Crippen molar-refractivity contribution in [2.45, 2.75) is 32.2 Å². The Balaban J connectivity index is 1.65. The van der Waals surface area contributed by atoms with Gasteiger partial charge in [0.2, 0.25) is 10.0 Å². The second-order valence-electron chi connectivity index (χ2n) is 6.55. The fourth-order valence-corrected chi connectivity index (χ4v) is 4.25. The molecule has 0 saturated carbocycles. The van der Waals surface area contributed by atoms with Gasteiger partial charge in [-0.2, -0.15) is 0 Å². The fourth-order valence-electron chi connectivity index (χ4n) is 2.99. The molecule has 1 aliphatic heterocycles. The Bertz CT molecular complexity index is 894. The van der Waals surface area contributed by atoms with Crippen LogP contribution in [0.2, 0.25) is 0 Å². The van der Waals surface area contributed by atoms with Crippen molar-refractivity contribution < 1.29 is 17.9 Å². The van der Waals surface area contributed by atoms with Crippen LogP contribution in [0.4, 0.5) is 5.69 Å². The van der Waals surface area contributed by atoms with Crippen LogP contribution in [0.3, 0.4) is 0 Å². The van der Waals surface area contributed by atoms with Crippen LogP contribution in [0.5, 0.6) is 5.75 Å². The highest BCUT2D eigenvalue weighted by atomic mass is 32.2. The van der Waals surface area contributed by atoms with E-state index >= 15 is 0 Å². The molecular formula is C20H24N2O4S. The molecule has 7 heteroatoms. The Morgan fingerprint density at radius 3 is 2.63 bits per heavy atom. The van der Waals surface area contributed by atoms with E-state index in [0.717, 1.165) is 17.7 Å². The first-order valence-electron chi connectivity index (χ1n) is 9.11. The molecule has 0 bridgehead atoms. The Kier molecular flexibility index (Phi) is 6.01. The van der Waals surface area contributed by atoms with Crippen molar-refractivity contribution >= 4 is 21.6 Å². The number of ether oxygens (including phenoxy) is 1. The van der Waals surface area contributed by atoms with Gasteiger partial charge in [0.05, 0.1) is 18.4 Å². The first-order chi connectivity index (χ1) is 13.0. The number of carbonyl (C=O) groups excluding carboxylic acids is 1. The molecule has 144 valence electrons. The Labute approximate surface area is 160 Å². The summed E-state index contributed by atoms with van der Waals surface area (Å²) in [6.07, 6.45) is 2.13. The summed E-state index contributed by atoms with van der Waals surface area (Å²) in [5.41, 5.74) is 1.91. The maximum Gasteiger partial charge on any atom is 0.251 e. The number of fused-ring (bicyclic) bond motifs is 1. The molecule has 0 spiro atoms. The van der Waals surface area contributed by atoms with Crippen LogP contribution < -0.4 is 14.8 Å². The average Bonchev–Trinajstić information content (AvgIpc) is 2.67. The highest BCUT2D eigenvalue weighted by Crippen LogP contribution is 2.31. The van der Waals surface area contributed by atoms with Gasteiger partial charge in [-0.25, -0.2) is 8.42 Å². The zero-order chi connectivity index (χ0) is 19.3. The number of rotatable bonds is 7. The molecule has 1 aliphatic rings. The Morgan fingerprint density at radius 2 is 1.89 bits per heavy atom. The maximum atomic E-state index is 12.6. The number of unbranched alkanes of at least 4 members (excludes halogenated alkanes) is 1. The van der Waals surface area contributed by atoms with E-state index in [0.29, 0.717) is 30.7 Å². The van der Waals surface area contributed by atoms with E-state index in [2.05, 4.69) is 10.0 Å². The van der Waals surface area contributed by atoms with Crippen LogP contribution >= 0.6 is 0 Å². The van der Waals surface area contributed by atoms with Crippen LogP contribution in [0, 0.1) is 0 Å². The van der Waals surface area contributed by atoms with Gasteiger partial charge in [-0.15, -0.1) is 0 Å². The van der Waals surface area contributed by atoms with Gasteiger partial charge in [-0.05, 0) is 36.8 Å². The van der Waals surface area contributed by atoms with E-state index in [1.807, 2.05) is 31.2 Å². The van der Waals surface area contributed by atoms with E-state index in [1.54, 1.807) is 24.3 Å². The second-order valence-corrected chi connectivity index (χ2v) is 8.39. The number of benzene rings is 2. The van der Waals surface area contributed by atoms with E-state index in [4.69, 9.17) is 4.74 Å². The number of anilines is 1. The van der Waals surface area contributed by atoms with Crippen molar-refractivity contribution in [3.05, 3.63) is 59.7 Å². The third-order valence-corrected chi connectivity index (χ3v) is 5.82. The van der Waals surface area contributed by atoms with Gasteiger partial charge in [0, 0.05) is 23.2 Å². The number of amides is 1. The van der Waals surface area contributed by atoms with Crippen LogP contribution in [-0.4, -0.2) is 26.7 Å². The first-order valence-corrected chi connectivity index (χ1v) is 10.8. The summed E-state index contributed by atoms with van der Waals surface area (Å²) in [7, 11) is -3.35. The first kappa shape index (κ1) is 19.2. The molecule has 0 fully saturated rings. The number of hydrogen-bond acceptors (Lipinski definition) is 4. The molecule has 0 aromatic heterocycles. The van der Waals surface area contributed by atoms with Crippen LogP contribution in [0.1, 0.15) is 48.1 Å². The highest BCUT2D eigenvalue weighted by Gasteiger charge is 2.23. The highest BCUT2D eigenvalue weighted by molar-refractivity contribution is 7.92. The summed E-state index contributed by atoms with van der Waals surface area (Å²) in [5, 5.41) is 3.03. The summed E-state index contributed by atoms with van der Waals surface area (Å²) >= 11 is 0.